The van der Waals surface area contributed by atoms with E-state index < -0.39 is 5.97 Å². The number of aliphatic carboxylic acids is 1. The number of carboxylic acid groups (broad SMARTS) is 1. The Morgan fingerprint density at radius 1 is 1.28 bits per heavy atom. The number of hydrogen-bond acceptors (Lipinski definition) is 1. The summed E-state index contributed by atoms with van der Waals surface area (Å²) in [4.78, 5) is 10.6. The van der Waals surface area contributed by atoms with Gasteiger partial charge in [0.1, 0.15) is 0 Å². The number of aryl methyl sites for hydroxylation is 2. The van der Waals surface area contributed by atoms with E-state index in [1.807, 2.05) is 0 Å². The van der Waals surface area contributed by atoms with E-state index in [9.17, 15) is 4.79 Å². The van der Waals surface area contributed by atoms with Crippen molar-refractivity contribution in [2.75, 3.05) is 0 Å². The van der Waals surface area contributed by atoms with Gasteiger partial charge < -0.3 is 5.11 Å². The van der Waals surface area contributed by atoms with Crippen molar-refractivity contribution in [3.63, 3.8) is 0 Å². The lowest BCUT2D eigenvalue weighted by Crippen LogP contribution is -1.97. The Hall–Kier alpha value is -1.57. The fourth-order valence-electron chi connectivity index (χ4n) is 1.96. The summed E-state index contributed by atoms with van der Waals surface area (Å²) in [5, 5.41) is 8.69. The summed E-state index contributed by atoms with van der Waals surface area (Å²) in [6.07, 6.45) is 2.85. The predicted molar refractivity (Wildman–Crippen MR) is 75.6 cm³/mol. The summed E-state index contributed by atoms with van der Waals surface area (Å²) in [6.45, 7) is 8.49. The molecule has 0 heterocycles. The fourth-order valence-corrected chi connectivity index (χ4v) is 1.96. The number of carboxylic acids is 1. The molecule has 18 heavy (non-hydrogen) atoms. The molecule has 1 aromatic rings. The van der Waals surface area contributed by atoms with E-state index in [4.69, 9.17) is 5.11 Å². The minimum atomic E-state index is -0.741. The largest absolute Gasteiger partial charge is 0.481 e. The maximum atomic E-state index is 10.6. The van der Waals surface area contributed by atoms with Gasteiger partial charge in [-0.15, -0.1) is 0 Å². The Morgan fingerprint density at radius 2 is 1.94 bits per heavy atom. The molecule has 0 aliphatic rings. The highest BCUT2D eigenvalue weighted by Gasteiger charge is 2.07. The van der Waals surface area contributed by atoms with Crippen LogP contribution in [0.25, 0.3) is 5.57 Å². The van der Waals surface area contributed by atoms with Gasteiger partial charge in [0, 0.05) is 6.42 Å². The van der Waals surface area contributed by atoms with Crippen molar-refractivity contribution in [1.82, 2.24) is 0 Å². The quantitative estimate of drug-likeness (QED) is 0.845. The summed E-state index contributed by atoms with van der Waals surface area (Å²) in [7, 11) is 0. The molecule has 0 unspecified atom stereocenters. The maximum Gasteiger partial charge on any atom is 0.303 e. The summed E-state index contributed by atoms with van der Waals surface area (Å²) in [6, 6.07) is 6.43. The van der Waals surface area contributed by atoms with E-state index in [1.54, 1.807) is 0 Å². The van der Waals surface area contributed by atoms with E-state index >= 15 is 0 Å². The Kier molecular flexibility index (Phi) is 5.14. The Morgan fingerprint density at radius 3 is 2.44 bits per heavy atom. The molecular weight excluding hydrogens is 224 g/mol. The number of benzene rings is 1. The zero-order valence-electron chi connectivity index (χ0n) is 11.7. The van der Waals surface area contributed by atoms with Crippen LogP contribution in [0, 0.1) is 19.8 Å². The average Bonchev–Trinajstić information content (AvgIpc) is 2.27. The Labute approximate surface area is 109 Å². The topological polar surface area (TPSA) is 37.3 Å². The molecule has 2 heteroatoms. The van der Waals surface area contributed by atoms with E-state index in [0.717, 1.165) is 0 Å². The third-order valence-electron chi connectivity index (χ3n) is 3.18. The van der Waals surface area contributed by atoms with Crippen LogP contribution in [0.1, 0.15) is 43.4 Å². The van der Waals surface area contributed by atoms with Crippen LogP contribution >= 0.6 is 0 Å². The van der Waals surface area contributed by atoms with Crippen LogP contribution in [-0.4, -0.2) is 11.1 Å². The molecule has 0 radical (unpaired) electrons. The van der Waals surface area contributed by atoms with E-state index in [-0.39, 0.29) is 6.42 Å². The molecule has 1 aromatic carbocycles. The first kappa shape index (κ1) is 14.5. The average molecular weight is 246 g/mol. The van der Waals surface area contributed by atoms with Gasteiger partial charge in [0.15, 0.2) is 0 Å². The molecule has 0 bridgehead atoms. The number of hydrogen-bond donors (Lipinski definition) is 1. The molecule has 98 valence electrons. The minimum absolute atomic E-state index is 0.195. The first-order valence-electron chi connectivity index (χ1n) is 6.41. The highest BCUT2D eigenvalue weighted by Crippen LogP contribution is 2.25. The zero-order chi connectivity index (χ0) is 13.7. The second-order valence-electron chi connectivity index (χ2n) is 5.05. The lowest BCUT2D eigenvalue weighted by Gasteiger charge is -2.13. The standard InChI is InChI=1S/C16H22O2/c1-11(2)15(6-5-7-16(17)18)14-9-8-12(3)13(4)10-14/h6,8-11H,5,7H2,1-4H3,(H,17,18)/b15-6+. The van der Waals surface area contributed by atoms with E-state index in [1.165, 1.54) is 22.3 Å². The van der Waals surface area contributed by atoms with Gasteiger partial charge in [0.05, 0.1) is 0 Å². The molecular formula is C16H22O2. The number of rotatable bonds is 5. The summed E-state index contributed by atoms with van der Waals surface area (Å²) < 4.78 is 0. The number of allylic oxidation sites excluding steroid dienone is 2. The van der Waals surface area contributed by atoms with Gasteiger partial charge in [-0.25, -0.2) is 0 Å². The van der Waals surface area contributed by atoms with Crippen molar-refractivity contribution >= 4 is 11.5 Å². The molecule has 0 amide bonds. The van der Waals surface area contributed by atoms with Gasteiger partial charge in [-0.3, -0.25) is 4.79 Å². The van der Waals surface area contributed by atoms with E-state index in [2.05, 4.69) is 52.0 Å². The van der Waals surface area contributed by atoms with Crippen molar-refractivity contribution in [2.24, 2.45) is 5.92 Å². The maximum absolute atomic E-state index is 10.6. The van der Waals surface area contributed by atoms with Crippen molar-refractivity contribution in [3.05, 3.63) is 41.0 Å². The predicted octanol–water partition coefficient (Wildman–Crippen LogP) is 4.21. The van der Waals surface area contributed by atoms with Gasteiger partial charge in [-0.05, 0) is 48.4 Å². The van der Waals surface area contributed by atoms with Crippen LogP contribution in [0.4, 0.5) is 0 Å². The zero-order valence-corrected chi connectivity index (χ0v) is 11.7. The van der Waals surface area contributed by atoms with E-state index in [0.29, 0.717) is 12.3 Å². The molecule has 0 atom stereocenters. The molecule has 0 saturated heterocycles. The molecule has 0 aromatic heterocycles. The smallest absolute Gasteiger partial charge is 0.303 e. The molecule has 0 fully saturated rings. The fraction of sp³-hybridized carbons (Fsp3) is 0.438. The molecule has 2 nitrogen and oxygen atoms in total. The van der Waals surface area contributed by atoms with Crippen molar-refractivity contribution < 1.29 is 9.90 Å². The van der Waals surface area contributed by atoms with Crippen LogP contribution in [0.15, 0.2) is 24.3 Å². The summed E-state index contributed by atoms with van der Waals surface area (Å²) in [5.41, 5.74) is 5.00. The molecule has 1 N–H and O–H groups in total. The molecule has 0 aliphatic carbocycles. The summed E-state index contributed by atoms with van der Waals surface area (Å²) in [5.74, 6) is -0.338. The minimum Gasteiger partial charge on any atom is -0.481 e. The highest BCUT2D eigenvalue weighted by molar-refractivity contribution is 5.70. The second-order valence-corrected chi connectivity index (χ2v) is 5.05. The lowest BCUT2D eigenvalue weighted by molar-refractivity contribution is -0.136. The first-order valence-corrected chi connectivity index (χ1v) is 6.41. The lowest BCUT2D eigenvalue weighted by atomic mass is 9.92. The Bertz CT molecular complexity index is 456. The van der Waals surface area contributed by atoms with Crippen LogP contribution in [-0.2, 0) is 4.79 Å². The highest BCUT2D eigenvalue weighted by atomic mass is 16.4. The first-order chi connectivity index (χ1) is 8.41. The van der Waals surface area contributed by atoms with Crippen LogP contribution in [0.3, 0.4) is 0 Å². The number of carbonyl (C=O) groups is 1. The Balaban J connectivity index is 2.97. The van der Waals surface area contributed by atoms with Crippen LogP contribution in [0.2, 0.25) is 0 Å². The molecule has 1 rings (SSSR count). The van der Waals surface area contributed by atoms with Gasteiger partial charge >= 0.3 is 5.97 Å². The third-order valence-corrected chi connectivity index (χ3v) is 3.18. The molecule has 0 aliphatic heterocycles. The van der Waals surface area contributed by atoms with Crippen molar-refractivity contribution in [3.8, 4) is 0 Å². The van der Waals surface area contributed by atoms with Gasteiger partial charge in [-0.1, -0.05) is 38.1 Å². The van der Waals surface area contributed by atoms with Crippen LogP contribution < -0.4 is 0 Å². The van der Waals surface area contributed by atoms with Crippen molar-refractivity contribution in [1.29, 1.82) is 0 Å². The van der Waals surface area contributed by atoms with Crippen LogP contribution in [0.5, 0.6) is 0 Å². The SMILES string of the molecule is Cc1ccc(/C(=C/CCC(=O)O)C(C)C)cc1C. The van der Waals surface area contributed by atoms with Gasteiger partial charge in [0.25, 0.3) is 0 Å². The normalized spacial score (nSPS) is 11.9. The van der Waals surface area contributed by atoms with Crippen molar-refractivity contribution in [2.45, 2.75) is 40.5 Å². The third kappa shape index (κ3) is 4.02. The summed E-state index contributed by atoms with van der Waals surface area (Å²) >= 11 is 0. The van der Waals surface area contributed by atoms with Gasteiger partial charge in [0.2, 0.25) is 0 Å². The molecule has 0 saturated carbocycles. The monoisotopic (exact) mass is 246 g/mol. The second kappa shape index (κ2) is 6.39. The molecule has 0 spiro atoms. The van der Waals surface area contributed by atoms with Gasteiger partial charge in [-0.2, -0.15) is 0 Å².